The Labute approximate surface area is 84.0 Å². The van der Waals surface area contributed by atoms with Crippen molar-refractivity contribution >= 4 is 27.3 Å². The third kappa shape index (κ3) is 1.59. The number of hydrogen-bond acceptors (Lipinski definition) is 1. The fourth-order valence-corrected chi connectivity index (χ4v) is 2.07. The molecule has 0 fully saturated rings. The molecule has 0 saturated heterocycles. The molecule has 0 atom stereocenters. The zero-order valence-corrected chi connectivity index (χ0v) is 8.65. The van der Waals surface area contributed by atoms with E-state index in [1.807, 2.05) is 18.2 Å². The van der Waals surface area contributed by atoms with Crippen LogP contribution >= 0.6 is 27.3 Å². The highest BCUT2D eigenvalue weighted by Gasteiger charge is 1.98. The largest absolute Gasteiger partial charge is 0.127 e. The maximum atomic E-state index is 3.42. The highest BCUT2D eigenvalue weighted by Crippen LogP contribution is 2.27. The minimum absolute atomic E-state index is 1.13. The Kier molecular flexibility index (Phi) is 2.28. The molecule has 0 nitrogen and oxygen atoms in total. The lowest BCUT2D eigenvalue weighted by molar-refractivity contribution is 1.67. The molecule has 0 bridgehead atoms. The van der Waals surface area contributed by atoms with Gasteiger partial charge in [0.1, 0.15) is 0 Å². The highest BCUT2D eigenvalue weighted by atomic mass is 79.9. The first-order valence-electron chi connectivity index (χ1n) is 3.59. The van der Waals surface area contributed by atoms with E-state index in [0.29, 0.717) is 0 Å². The van der Waals surface area contributed by atoms with Crippen molar-refractivity contribution < 1.29 is 0 Å². The molecule has 2 aromatic rings. The number of benzene rings is 1. The second-order valence-corrected chi connectivity index (χ2v) is 4.66. The van der Waals surface area contributed by atoms with Crippen LogP contribution in [0.5, 0.6) is 0 Å². The van der Waals surface area contributed by atoms with Gasteiger partial charge in [-0.25, -0.2) is 0 Å². The van der Waals surface area contributed by atoms with Crippen molar-refractivity contribution in [3.8, 4) is 11.1 Å². The summed E-state index contributed by atoms with van der Waals surface area (Å²) in [7, 11) is 0. The van der Waals surface area contributed by atoms with Crippen LogP contribution in [0.3, 0.4) is 0 Å². The second kappa shape index (κ2) is 3.42. The van der Waals surface area contributed by atoms with E-state index in [1.165, 1.54) is 5.56 Å². The van der Waals surface area contributed by atoms with E-state index in [0.717, 1.165) is 9.35 Å². The van der Waals surface area contributed by atoms with Gasteiger partial charge in [0.05, 0.1) is 9.17 Å². The van der Waals surface area contributed by atoms with Crippen LogP contribution in [0, 0.1) is 5.38 Å². The quantitative estimate of drug-likeness (QED) is 0.704. The predicted molar refractivity (Wildman–Crippen MR) is 56.3 cm³/mol. The first kappa shape index (κ1) is 8.02. The number of thiophene rings is 1. The summed E-state index contributed by atoms with van der Waals surface area (Å²) < 4.78 is 1.13. The molecule has 2 heteroatoms. The fourth-order valence-electron chi connectivity index (χ4n) is 1.04. The van der Waals surface area contributed by atoms with Crippen LogP contribution in [0.25, 0.3) is 11.1 Å². The van der Waals surface area contributed by atoms with Crippen LogP contribution in [0.4, 0.5) is 0 Å². The fraction of sp³-hybridized carbons (Fsp3) is 0. The van der Waals surface area contributed by atoms with Crippen molar-refractivity contribution in [3.05, 3.63) is 45.6 Å². The van der Waals surface area contributed by atoms with E-state index in [4.69, 9.17) is 0 Å². The van der Waals surface area contributed by atoms with Gasteiger partial charge < -0.3 is 0 Å². The van der Waals surface area contributed by atoms with Crippen LogP contribution in [-0.4, -0.2) is 0 Å². The SMILES string of the molecule is Brc1cc(-c2ccccc2)[c]s1. The van der Waals surface area contributed by atoms with Crippen molar-refractivity contribution in [2.45, 2.75) is 0 Å². The molecular formula is C10H6BrS. The molecule has 0 amide bonds. The molecule has 0 aliphatic heterocycles. The van der Waals surface area contributed by atoms with E-state index >= 15 is 0 Å². The molecule has 59 valence electrons. The average Bonchev–Trinajstić information content (AvgIpc) is 2.54. The van der Waals surface area contributed by atoms with Crippen LogP contribution in [0.1, 0.15) is 0 Å². The molecule has 1 heterocycles. The van der Waals surface area contributed by atoms with Gasteiger partial charge in [-0.05, 0) is 27.6 Å². The Hall–Kier alpha value is -0.600. The van der Waals surface area contributed by atoms with Crippen LogP contribution in [-0.2, 0) is 0 Å². The maximum absolute atomic E-state index is 3.42. The van der Waals surface area contributed by atoms with Gasteiger partial charge in [-0.2, -0.15) is 0 Å². The van der Waals surface area contributed by atoms with Crippen molar-refractivity contribution in [2.24, 2.45) is 0 Å². The summed E-state index contributed by atoms with van der Waals surface area (Å²) in [6, 6.07) is 12.4. The number of rotatable bonds is 1. The zero-order valence-electron chi connectivity index (χ0n) is 6.25. The number of hydrogen-bond donors (Lipinski definition) is 0. The molecule has 12 heavy (non-hydrogen) atoms. The third-order valence-corrected chi connectivity index (χ3v) is 2.95. The normalized spacial score (nSPS) is 10.1. The summed E-state index contributed by atoms with van der Waals surface area (Å²) in [5.74, 6) is 0. The van der Waals surface area contributed by atoms with Crippen LogP contribution < -0.4 is 0 Å². The third-order valence-electron chi connectivity index (χ3n) is 1.60. The van der Waals surface area contributed by atoms with E-state index in [-0.39, 0.29) is 0 Å². The van der Waals surface area contributed by atoms with E-state index < -0.39 is 0 Å². The summed E-state index contributed by atoms with van der Waals surface area (Å²) >= 11 is 5.01. The summed E-state index contributed by atoms with van der Waals surface area (Å²) in [4.78, 5) is 0. The molecule has 0 aliphatic rings. The Bertz CT molecular complexity index is 364. The van der Waals surface area contributed by atoms with Gasteiger partial charge in [-0.15, -0.1) is 11.3 Å². The van der Waals surface area contributed by atoms with Gasteiger partial charge in [-0.3, -0.25) is 0 Å². The van der Waals surface area contributed by atoms with Crippen molar-refractivity contribution in [2.75, 3.05) is 0 Å². The standard InChI is InChI=1S/C10H6BrS/c11-10-6-9(7-12-10)8-4-2-1-3-5-8/h1-6H. The molecule has 2 rings (SSSR count). The topological polar surface area (TPSA) is 0 Å². The van der Waals surface area contributed by atoms with E-state index in [9.17, 15) is 0 Å². The Balaban J connectivity index is 2.45. The zero-order chi connectivity index (χ0) is 8.39. The highest BCUT2D eigenvalue weighted by molar-refractivity contribution is 9.11. The summed E-state index contributed by atoms with van der Waals surface area (Å²) in [6.45, 7) is 0. The lowest BCUT2D eigenvalue weighted by Gasteiger charge is -1.93. The minimum Gasteiger partial charge on any atom is -0.127 e. The van der Waals surface area contributed by atoms with Crippen molar-refractivity contribution in [1.82, 2.24) is 0 Å². The summed E-state index contributed by atoms with van der Waals surface area (Å²) in [6.07, 6.45) is 0. The molecule has 0 N–H and O–H groups in total. The molecule has 1 radical (unpaired) electrons. The molecule has 0 spiro atoms. The van der Waals surface area contributed by atoms with Gasteiger partial charge in [-0.1, -0.05) is 30.3 Å². The Morgan fingerprint density at radius 2 is 1.92 bits per heavy atom. The van der Waals surface area contributed by atoms with Gasteiger partial charge in [0.2, 0.25) is 0 Å². The molecular weight excluding hydrogens is 232 g/mol. The first-order valence-corrected chi connectivity index (χ1v) is 5.19. The lowest BCUT2D eigenvalue weighted by Crippen LogP contribution is -1.69. The van der Waals surface area contributed by atoms with Gasteiger partial charge >= 0.3 is 0 Å². The average molecular weight is 238 g/mol. The smallest absolute Gasteiger partial charge is 0.0711 e. The molecule has 0 unspecified atom stereocenters. The van der Waals surface area contributed by atoms with E-state index in [2.05, 4.69) is 39.5 Å². The summed E-state index contributed by atoms with van der Waals surface area (Å²) in [5.41, 5.74) is 2.38. The van der Waals surface area contributed by atoms with Gasteiger partial charge in [0, 0.05) is 5.56 Å². The first-order chi connectivity index (χ1) is 5.86. The van der Waals surface area contributed by atoms with Gasteiger partial charge in [0.25, 0.3) is 0 Å². The van der Waals surface area contributed by atoms with Crippen LogP contribution in [0.15, 0.2) is 40.2 Å². The molecule has 1 aromatic carbocycles. The maximum Gasteiger partial charge on any atom is 0.0711 e. The van der Waals surface area contributed by atoms with Crippen molar-refractivity contribution in [1.29, 1.82) is 0 Å². The summed E-state index contributed by atoms with van der Waals surface area (Å²) in [5, 5.41) is 3.22. The Morgan fingerprint density at radius 3 is 2.50 bits per heavy atom. The number of halogens is 1. The van der Waals surface area contributed by atoms with Crippen molar-refractivity contribution in [3.63, 3.8) is 0 Å². The van der Waals surface area contributed by atoms with Crippen LogP contribution in [0.2, 0.25) is 0 Å². The Morgan fingerprint density at radius 1 is 1.17 bits per heavy atom. The molecule has 0 aliphatic carbocycles. The monoisotopic (exact) mass is 237 g/mol. The minimum atomic E-state index is 1.13. The lowest BCUT2D eigenvalue weighted by atomic mass is 10.1. The van der Waals surface area contributed by atoms with Gasteiger partial charge in [0.15, 0.2) is 0 Å². The van der Waals surface area contributed by atoms with E-state index in [1.54, 1.807) is 11.3 Å². The predicted octanol–water partition coefficient (Wildman–Crippen LogP) is 3.98. The molecule has 0 saturated carbocycles. The second-order valence-electron chi connectivity index (χ2n) is 2.43. The molecule has 1 aromatic heterocycles.